The van der Waals surface area contributed by atoms with Crippen LogP contribution in [0.25, 0.3) is 6.08 Å². The molecule has 0 saturated heterocycles. The standard InChI is InChI=1S/C18H13BrFNO3/c1-11-16(18(22)24-21-11)9-13-8-14(19)5-6-17(13)23-10-12-3-2-4-15(20)7-12/h2-9H,10H2,1H3/b16-9+. The number of ether oxygens (including phenoxy) is 1. The smallest absolute Gasteiger partial charge is 0.367 e. The first-order valence-corrected chi connectivity index (χ1v) is 7.97. The van der Waals surface area contributed by atoms with Gasteiger partial charge < -0.3 is 9.57 Å². The van der Waals surface area contributed by atoms with Crippen molar-refractivity contribution in [3.8, 4) is 5.75 Å². The summed E-state index contributed by atoms with van der Waals surface area (Å²) in [5.74, 6) is -0.235. The van der Waals surface area contributed by atoms with E-state index in [1.54, 1.807) is 31.2 Å². The van der Waals surface area contributed by atoms with E-state index in [-0.39, 0.29) is 12.4 Å². The molecule has 0 bridgehead atoms. The highest BCUT2D eigenvalue weighted by atomic mass is 79.9. The molecule has 0 N–H and O–H groups in total. The van der Waals surface area contributed by atoms with E-state index in [1.165, 1.54) is 12.1 Å². The van der Waals surface area contributed by atoms with Gasteiger partial charge in [-0.3, -0.25) is 0 Å². The molecule has 0 fully saturated rings. The Bertz CT molecular complexity index is 861. The van der Waals surface area contributed by atoms with E-state index in [2.05, 4.69) is 25.9 Å². The molecule has 0 amide bonds. The van der Waals surface area contributed by atoms with Crippen LogP contribution in [0.3, 0.4) is 0 Å². The van der Waals surface area contributed by atoms with Gasteiger partial charge in [-0.2, -0.15) is 0 Å². The van der Waals surface area contributed by atoms with Gasteiger partial charge in [0.2, 0.25) is 0 Å². The van der Waals surface area contributed by atoms with E-state index in [0.717, 1.165) is 10.0 Å². The maximum Gasteiger partial charge on any atom is 0.367 e. The van der Waals surface area contributed by atoms with Gasteiger partial charge in [-0.15, -0.1) is 0 Å². The maximum absolute atomic E-state index is 13.2. The van der Waals surface area contributed by atoms with Crippen LogP contribution in [0.2, 0.25) is 0 Å². The van der Waals surface area contributed by atoms with Gasteiger partial charge in [0.15, 0.2) is 0 Å². The SMILES string of the molecule is CC1=NOC(=O)/C1=C/c1cc(Br)ccc1OCc1cccc(F)c1. The fourth-order valence-electron chi connectivity index (χ4n) is 2.23. The highest BCUT2D eigenvalue weighted by molar-refractivity contribution is 9.10. The molecule has 2 aromatic carbocycles. The van der Waals surface area contributed by atoms with E-state index in [1.807, 2.05) is 12.1 Å². The second-order valence-electron chi connectivity index (χ2n) is 5.21. The van der Waals surface area contributed by atoms with Gasteiger partial charge in [-0.1, -0.05) is 33.2 Å². The van der Waals surface area contributed by atoms with Crippen LogP contribution in [0.5, 0.6) is 5.75 Å². The Morgan fingerprint density at radius 2 is 2.12 bits per heavy atom. The van der Waals surface area contributed by atoms with Crippen molar-refractivity contribution >= 4 is 33.7 Å². The number of benzene rings is 2. The van der Waals surface area contributed by atoms with Gasteiger partial charge in [0.25, 0.3) is 0 Å². The summed E-state index contributed by atoms with van der Waals surface area (Å²) in [4.78, 5) is 16.4. The lowest BCUT2D eigenvalue weighted by Crippen LogP contribution is -2.03. The first-order valence-electron chi connectivity index (χ1n) is 7.18. The molecule has 3 rings (SSSR count). The third-order valence-electron chi connectivity index (χ3n) is 3.43. The molecule has 24 heavy (non-hydrogen) atoms. The number of carbonyl (C=O) groups excluding carboxylic acids is 1. The van der Waals surface area contributed by atoms with Crippen LogP contribution in [-0.4, -0.2) is 11.7 Å². The Morgan fingerprint density at radius 1 is 1.29 bits per heavy atom. The molecule has 122 valence electrons. The molecular weight excluding hydrogens is 377 g/mol. The Kier molecular flexibility index (Phi) is 4.76. The molecule has 1 heterocycles. The van der Waals surface area contributed by atoms with Crippen LogP contribution >= 0.6 is 15.9 Å². The number of rotatable bonds is 4. The van der Waals surface area contributed by atoms with Crippen molar-refractivity contribution in [1.82, 2.24) is 0 Å². The molecule has 2 aromatic rings. The molecule has 0 atom stereocenters. The molecule has 0 saturated carbocycles. The summed E-state index contributed by atoms with van der Waals surface area (Å²) in [6.07, 6.45) is 1.67. The zero-order chi connectivity index (χ0) is 17.1. The van der Waals surface area contributed by atoms with Crippen molar-refractivity contribution in [2.75, 3.05) is 0 Å². The van der Waals surface area contributed by atoms with Gasteiger partial charge in [-0.25, -0.2) is 9.18 Å². The van der Waals surface area contributed by atoms with Crippen molar-refractivity contribution in [2.24, 2.45) is 5.16 Å². The highest BCUT2D eigenvalue weighted by Gasteiger charge is 2.22. The molecule has 0 unspecified atom stereocenters. The number of oxime groups is 1. The molecule has 4 nitrogen and oxygen atoms in total. The zero-order valence-electron chi connectivity index (χ0n) is 12.8. The second kappa shape index (κ2) is 6.97. The number of halogens is 2. The predicted octanol–water partition coefficient (Wildman–Crippen LogP) is 4.48. The minimum atomic E-state index is -0.497. The van der Waals surface area contributed by atoms with Gasteiger partial charge in [0.05, 0.1) is 11.3 Å². The minimum absolute atomic E-state index is 0.215. The topological polar surface area (TPSA) is 47.9 Å². The summed E-state index contributed by atoms with van der Waals surface area (Å²) in [5.41, 5.74) is 2.30. The molecule has 0 spiro atoms. The minimum Gasteiger partial charge on any atom is -0.488 e. The Morgan fingerprint density at radius 3 is 2.83 bits per heavy atom. The first kappa shape index (κ1) is 16.4. The van der Waals surface area contributed by atoms with Crippen LogP contribution in [0.15, 0.2) is 57.7 Å². The third-order valence-corrected chi connectivity index (χ3v) is 3.92. The van der Waals surface area contributed by atoms with Crippen molar-refractivity contribution < 1.29 is 18.8 Å². The van der Waals surface area contributed by atoms with Crippen LogP contribution in [0, 0.1) is 5.82 Å². The van der Waals surface area contributed by atoms with Crippen molar-refractivity contribution in [1.29, 1.82) is 0 Å². The number of hydrogen-bond acceptors (Lipinski definition) is 4. The van der Waals surface area contributed by atoms with Crippen molar-refractivity contribution in [3.05, 3.63) is 69.5 Å². The van der Waals surface area contributed by atoms with Crippen LogP contribution in [0.1, 0.15) is 18.1 Å². The summed E-state index contributed by atoms with van der Waals surface area (Å²) in [6.45, 7) is 1.91. The molecule has 6 heteroatoms. The van der Waals surface area contributed by atoms with Gasteiger partial charge in [0, 0.05) is 10.0 Å². The summed E-state index contributed by atoms with van der Waals surface area (Å²) in [5, 5.41) is 3.65. The fraction of sp³-hybridized carbons (Fsp3) is 0.111. The van der Waals surface area contributed by atoms with E-state index in [4.69, 9.17) is 4.74 Å². The summed E-state index contributed by atoms with van der Waals surface area (Å²) < 4.78 is 19.9. The maximum atomic E-state index is 13.2. The van der Waals surface area contributed by atoms with Crippen molar-refractivity contribution in [3.63, 3.8) is 0 Å². The monoisotopic (exact) mass is 389 g/mol. The van der Waals surface area contributed by atoms with E-state index in [9.17, 15) is 9.18 Å². The quantitative estimate of drug-likeness (QED) is 0.571. The summed E-state index contributed by atoms with van der Waals surface area (Å²) in [6, 6.07) is 11.7. The van der Waals surface area contributed by atoms with Gasteiger partial charge in [-0.05, 0) is 48.9 Å². The molecule has 0 aliphatic carbocycles. The third kappa shape index (κ3) is 3.71. The largest absolute Gasteiger partial charge is 0.488 e. The lowest BCUT2D eigenvalue weighted by Gasteiger charge is -2.10. The second-order valence-corrected chi connectivity index (χ2v) is 6.13. The highest BCUT2D eigenvalue weighted by Crippen LogP contribution is 2.28. The number of nitrogens with zero attached hydrogens (tertiary/aromatic N) is 1. The first-order chi connectivity index (χ1) is 11.5. The zero-order valence-corrected chi connectivity index (χ0v) is 14.3. The van der Waals surface area contributed by atoms with Crippen LogP contribution < -0.4 is 4.74 Å². The Hall–Kier alpha value is -2.47. The predicted molar refractivity (Wildman–Crippen MR) is 92.1 cm³/mol. The summed E-state index contributed by atoms with van der Waals surface area (Å²) in [7, 11) is 0. The van der Waals surface area contributed by atoms with E-state index < -0.39 is 5.97 Å². The molecular formula is C18H13BrFNO3. The van der Waals surface area contributed by atoms with Crippen molar-refractivity contribution in [2.45, 2.75) is 13.5 Å². The Labute approximate surface area is 146 Å². The van der Waals surface area contributed by atoms with Gasteiger partial charge >= 0.3 is 5.97 Å². The summed E-state index contributed by atoms with van der Waals surface area (Å²) >= 11 is 3.40. The van der Waals surface area contributed by atoms with Gasteiger partial charge in [0.1, 0.15) is 18.2 Å². The van der Waals surface area contributed by atoms with Crippen LogP contribution in [0.4, 0.5) is 4.39 Å². The lowest BCUT2D eigenvalue weighted by atomic mass is 10.1. The molecule has 1 aliphatic heterocycles. The average Bonchev–Trinajstić information content (AvgIpc) is 2.86. The van der Waals surface area contributed by atoms with E-state index >= 15 is 0 Å². The molecule has 0 aromatic heterocycles. The number of carbonyl (C=O) groups is 1. The average molecular weight is 390 g/mol. The Balaban J connectivity index is 1.87. The van der Waals surface area contributed by atoms with Crippen LogP contribution in [-0.2, 0) is 16.2 Å². The normalized spacial score (nSPS) is 15.4. The van der Waals surface area contributed by atoms with E-state index in [0.29, 0.717) is 22.6 Å². The number of hydrogen-bond donors (Lipinski definition) is 0. The molecule has 1 aliphatic rings. The molecule has 0 radical (unpaired) electrons. The lowest BCUT2D eigenvalue weighted by molar-refractivity contribution is -0.136. The fourth-order valence-corrected chi connectivity index (χ4v) is 2.61.